The maximum absolute atomic E-state index is 13.7. The van der Waals surface area contributed by atoms with Crippen molar-refractivity contribution in [3.63, 3.8) is 0 Å². The topological polar surface area (TPSA) is 107 Å². The summed E-state index contributed by atoms with van der Waals surface area (Å²) in [7, 11) is 0. The zero-order chi connectivity index (χ0) is 32.7. The number of ether oxygens (including phenoxy) is 2. The number of likely N-dealkylation sites (tertiary alicyclic amines) is 1. The van der Waals surface area contributed by atoms with Crippen LogP contribution in [0.2, 0.25) is 5.02 Å². The van der Waals surface area contributed by atoms with Crippen molar-refractivity contribution in [1.29, 1.82) is 0 Å². The van der Waals surface area contributed by atoms with Crippen LogP contribution < -0.4 is 10.3 Å². The van der Waals surface area contributed by atoms with E-state index in [1.807, 2.05) is 11.0 Å². The zero-order valence-electron chi connectivity index (χ0n) is 25.2. The first-order valence-electron chi connectivity index (χ1n) is 15.0. The van der Waals surface area contributed by atoms with E-state index in [0.717, 1.165) is 11.3 Å². The average Bonchev–Trinajstić information content (AvgIpc) is 3.42. The highest BCUT2D eigenvalue weighted by Crippen LogP contribution is 2.40. The molecule has 3 aromatic heterocycles. The van der Waals surface area contributed by atoms with Gasteiger partial charge in [0.15, 0.2) is 0 Å². The largest absolute Gasteiger partial charge is 0.522 e. The number of benzene rings is 1. The third-order valence-corrected chi connectivity index (χ3v) is 9.84. The van der Waals surface area contributed by atoms with Gasteiger partial charge in [0.05, 0.1) is 34.1 Å². The van der Waals surface area contributed by atoms with Gasteiger partial charge >= 0.3 is 12.3 Å². The summed E-state index contributed by atoms with van der Waals surface area (Å²) in [5.74, 6) is 0.0169. The molecule has 46 heavy (non-hydrogen) atoms. The minimum atomic E-state index is -4.67. The number of aryl methyl sites for hydroxylation is 3. The molecule has 0 amide bonds. The molecular formula is C32H32ClF3N4O5S. The lowest BCUT2D eigenvalue weighted by Crippen LogP contribution is -2.49. The van der Waals surface area contributed by atoms with Crippen LogP contribution in [-0.2, 0) is 24.1 Å². The molecule has 1 aliphatic carbocycles. The molecule has 4 aromatic rings. The minimum Gasteiger partial charge on any atom is -0.491 e. The standard InChI is InChI=1S/C32H32ClF3N4O5S/c1-17-12-23(29-28(37-17)25(16-46-29)31(42)43)22-13-19(33)5-8-27(22)44-11-10-40-18(2)38-26-7-6-20(14-24(26)30(40)41)39-9-3-4-21(15-39)45-32(34,35)36/h5,8,12-13,16,20-21H,3-4,6-7,9-11,14-15H2,1-2H3,(H,42,43)/t20-,21-/m0/s1. The lowest BCUT2D eigenvalue weighted by Gasteiger charge is -2.40. The molecule has 0 saturated carbocycles. The van der Waals surface area contributed by atoms with Crippen LogP contribution in [0.3, 0.4) is 0 Å². The molecule has 1 fully saturated rings. The SMILES string of the molecule is Cc1cc(-c2cc(Cl)ccc2OCCn2c(C)nc3c(c2=O)C[C@@H](N2CCC[C@H](OC(F)(F)F)C2)CC3)c2scc(C(=O)O)c2n1. The fraction of sp³-hybridized carbons (Fsp3) is 0.438. The first-order chi connectivity index (χ1) is 21.9. The molecular weight excluding hydrogens is 645 g/mol. The third-order valence-electron chi connectivity index (χ3n) is 8.60. The second kappa shape index (κ2) is 12.9. The second-order valence-corrected chi connectivity index (χ2v) is 13.0. The van der Waals surface area contributed by atoms with Gasteiger partial charge in [-0.15, -0.1) is 24.5 Å². The number of carbonyl (C=O) groups is 1. The van der Waals surface area contributed by atoms with Crippen molar-refractivity contribution in [1.82, 2.24) is 19.4 Å². The lowest BCUT2D eigenvalue weighted by molar-refractivity contribution is -0.346. The van der Waals surface area contributed by atoms with Gasteiger partial charge in [-0.3, -0.25) is 24.0 Å². The normalized spacial score (nSPS) is 18.9. The maximum Gasteiger partial charge on any atom is 0.522 e. The van der Waals surface area contributed by atoms with E-state index in [-0.39, 0.29) is 36.9 Å². The number of alkyl halides is 3. The average molecular weight is 677 g/mol. The summed E-state index contributed by atoms with van der Waals surface area (Å²) in [4.78, 5) is 36.7. The summed E-state index contributed by atoms with van der Waals surface area (Å²) in [6.45, 7) is 4.76. The van der Waals surface area contributed by atoms with E-state index in [0.29, 0.717) is 82.3 Å². The summed E-state index contributed by atoms with van der Waals surface area (Å²) in [5.41, 5.74) is 3.74. The van der Waals surface area contributed by atoms with E-state index in [2.05, 4.69) is 9.72 Å². The van der Waals surface area contributed by atoms with Gasteiger partial charge in [-0.25, -0.2) is 9.78 Å². The first kappa shape index (κ1) is 32.4. The number of thiophene rings is 1. The van der Waals surface area contributed by atoms with Crippen LogP contribution in [0.5, 0.6) is 5.75 Å². The van der Waals surface area contributed by atoms with Crippen molar-refractivity contribution in [2.75, 3.05) is 19.7 Å². The number of piperidine rings is 1. The van der Waals surface area contributed by atoms with Crippen molar-refractivity contribution in [3.8, 4) is 16.9 Å². The zero-order valence-corrected chi connectivity index (χ0v) is 26.8. The van der Waals surface area contributed by atoms with Gasteiger partial charge in [-0.05, 0) is 76.8 Å². The van der Waals surface area contributed by atoms with E-state index >= 15 is 0 Å². The monoisotopic (exact) mass is 676 g/mol. The van der Waals surface area contributed by atoms with Crippen LogP contribution >= 0.6 is 22.9 Å². The van der Waals surface area contributed by atoms with Gasteiger partial charge < -0.3 is 9.84 Å². The van der Waals surface area contributed by atoms with E-state index in [1.54, 1.807) is 42.0 Å². The summed E-state index contributed by atoms with van der Waals surface area (Å²) in [5, 5.41) is 11.7. The van der Waals surface area contributed by atoms with Crippen LogP contribution in [0.15, 0.2) is 34.4 Å². The third kappa shape index (κ3) is 6.78. The molecule has 244 valence electrons. The van der Waals surface area contributed by atoms with Crippen LogP contribution in [0.1, 0.15) is 52.4 Å². The van der Waals surface area contributed by atoms with Crippen LogP contribution in [-0.4, -0.2) is 68.7 Å². The molecule has 0 spiro atoms. The quantitative estimate of drug-likeness (QED) is 0.228. The maximum atomic E-state index is 13.7. The molecule has 9 nitrogen and oxygen atoms in total. The summed E-state index contributed by atoms with van der Waals surface area (Å²) >= 11 is 7.66. The molecule has 1 saturated heterocycles. The molecule has 1 N–H and O–H groups in total. The molecule has 0 radical (unpaired) electrons. The van der Waals surface area contributed by atoms with Crippen LogP contribution in [0.4, 0.5) is 13.2 Å². The predicted octanol–water partition coefficient (Wildman–Crippen LogP) is 6.43. The summed E-state index contributed by atoms with van der Waals surface area (Å²) < 4.78 is 51.4. The van der Waals surface area contributed by atoms with Gasteiger partial charge in [0.25, 0.3) is 5.56 Å². The highest BCUT2D eigenvalue weighted by molar-refractivity contribution is 7.18. The highest BCUT2D eigenvalue weighted by atomic mass is 35.5. The van der Waals surface area contributed by atoms with Gasteiger partial charge in [0.2, 0.25) is 0 Å². The number of hydrogen-bond donors (Lipinski definition) is 1. The van der Waals surface area contributed by atoms with Gasteiger partial charge in [-0.2, -0.15) is 0 Å². The van der Waals surface area contributed by atoms with Gasteiger partial charge in [-0.1, -0.05) is 11.6 Å². The number of hydrogen-bond acceptors (Lipinski definition) is 8. The molecule has 1 aromatic carbocycles. The molecule has 4 heterocycles. The Morgan fingerprint density at radius 3 is 2.74 bits per heavy atom. The Bertz CT molecular complexity index is 1860. The van der Waals surface area contributed by atoms with Crippen molar-refractivity contribution in [3.05, 3.63) is 73.4 Å². The molecule has 6 rings (SSSR count). The van der Waals surface area contributed by atoms with Crippen LogP contribution in [0.25, 0.3) is 21.3 Å². The van der Waals surface area contributed by atoms with Gasteiger partial charge in [0.1, 0.15) is 18.2 Å². The van der Waals surface area contributed by atoms with E-state index in [1.165, 1.54) is 11.3 Å². The van der Waals surface area contributed by atoms with E-state index in [9.17, 15) is 27.9 Å². The molecule has 0 bridgehead atoms. The molecule has 1 aliphatic heterocycles. The van der Waals surface area contributed by atoms with Crippen molar-refractivity contribution < 1.29 is 32.5 Å². The van der Waals surface area contributed by atoms with Crippen molar-refractivity contribution >= 4 is 39.1 Å². The number of pyridine rings is 1. The van der Waals surface area contributed by atoms with Crippen molar-refractivity contribution in [2.45, 2.75) is 71.0 Å². The number of rotatable bonds is 8. The number of nitrogens with zero attached hydrogens (tertiary/aromatic N) is 4. The fourth-order valence-electron chi connectivity index (χ4n) is 6.54. The fourth-order valence-corrected chi connectivity index (χ4v) is 7.72. The van der Waals surface area contributed by atoms with E-state index in [4.69, 9.17) is 21.3 Å². The number of halogens is 4. The van der Waals surface area contributed by atoms with Gasteiger partial charge in [0, 0.05) is 45.4 Å². The summed E-state index contributed by atoms with van der Waals surface area (Å²) in [6, 6.07) is 7.00. The number of aromatic carboxylic acids is 1. The Morgan fingerprint density at radius 1 is 1.17 bits per heavy atom. The number of carboxylic acid groups (broad SMARTS) is 1. The van der Waals surface area contributed by atoms with Crippen molar-refractivity contribution in [2.24, 2.45) is 0 Å². The predicted molar refractivity (Wildman–Crippen MR) is 168 cm³/mol. The molecule has 14 heteroatoms. The molecule has 2 aliphatic rings. The second-order valence-electron chi connectivity index (χ2n) is 11.7. The Kier molecular flexibility index (Phi) is 9.12. The molecule has 2 atom stereocenters. The Balaban J connectivity index is 1.21. The Hall–Kier alpha value is -3.52. The first-order valence-corrected chi connectivity index (χ1v) is 16.3. The number of carboxylic acids is 1. The smallest absolute Gasteiger partial charge is 0.491 e. The lowest BCUT2D eigenvalue weighted by atomic mass is 9.90. The van der Waals surface area contributed by atoms with E-state index < -0.39 is 18.4 Å². The summed E-state index contributed by atoms with van der Waals surface area (Å²) in [6.07, 6.45) is -2.93. The number of fused-ring (bicyclic) bond motifs is 2. The minimum absolute atomic E-state index is 0.0646. The van der Waals surface area contributed by atoms with Crippen LogP contribution in [0, 0.1) is 13.8 Å². The Labute approximate surface area is 271 Å². The highest BCUT2D eigenvalue weighted by Gasteiger charge is 2.37. The Morgan fingerprint density at radius 2 is 1.98 bits per heavy atom. The number of aromatic nitrogens is 3. The molecule has 0 unspecified atom stereocenters.